The molecule has 2 amide bonds. The van der Waals surface area contributed by atoms with Gasteiger partial charge in [0.1, 0.15) is 5.75 Å². The van der Waals surface area contributed by atoms with E-state index in [4.69, 9.17) is 9.47 Å². The normalized spacial score (nSPS) is 17.6. The Labute approximate surface area is 130 Å². The van der Waals surface area contributed by atoms with E-state index >= 15 is 0 Å². The first-order chi connectivity index (χ1) is 10.8. The van der Waals surface area contributed by atoms with Crippen LogP contribution < -0.4 is 15.4 Å². The lowest BCUT2D eigenvalue weighted by atomic mass is 10.1. The van der Waals surface area contributed by atoms with Crippen LogP contribution in [0.3, 0.4) is 0 Å². The van der Waals surface area contributed by atoms with Gasteiger partial charge in [-0.1, -0.05) is 0 Å². The molecule has 120 valence electrons. The fraction of sp³-hybridized carbons (Fsp3) is 0.562. The lowest BCUT2D eigenvalue weighted by Crippen LogP contribution is -2.38. The van der Waals surface area contributed by atoms with Crippen LogP contribution in [-0.2, 0) is 11.2 Å². The molecule has 1 aromatic carbocycles. The van der Waals surface area contributed by atoms with Crippen LogP contribution in [0.4, 0.5) is 10.5 Å². The number of urea groups is 1. The summed E-state index contributed by atoms with van der Waals surface area (Å²) in [6.45, 7) is 6.02. The number of ether oxygens (including phenoxy) is 2. The van der Waals surface area contributed by atoms with Crippen molar-refractivity contribution in [1.29, 1.82) is 0 Å². The summed E-state index contributed by atoms with van der Waals surface area (Å²) in [6.07, 6.45) is 1.86. The first-order valence-corrected chi connectivity index (χ1v) is 7.92. The van der Waals surface area contributed by atoms with Crippen molar-refractivity contribution in [3.63, 3.8) is 0 Å². The Bertz CT molecular complexity index is 515. The number of nitrogens with zero attached hydrogens (tertiary/aromatic N) is 1. The summed E-state index contributed by atoms with van der Waals surface area (Å²) in [4.78, 5) is 14.2. The number of anilines is 1. The minimum Gasteiger partial charge on any atom is -0.493 e. The fourth-order valence-corrected chi connectivity index (χ4v) is 2.77. The summed E-state index contributed by atoms with van der Waals surface area (Å²) >= 11 is 0. The molecule has 1 fully saturated rings. The third-order valence-corrected chi connectivity index (χ3v) is 3.99. The lowest BCUT2D eigenvalue weighted by molar-refractivity contribution is 0.0375. The highest BCUT2D eigenvalue weighted by molar-refractivity contribution is 5.89. The Morgan fingerprint density at radius 2 is 2.09 bits per heavy atom. The maximum absolute atomic E-state index is 11.9. The van der Waals surface area contributed by atoms with Crippen LogP contribution in [0.15, 0.2) is 18.2 Å². The zero-order chi connectivity index (χ0) is 15.2. The van der Waals surface area contributed by atoms with Crippen LogP contribution in [0.5, 0.6) is 5.75 Å². The van der Waals surface area contributed by atoms with Gasteiger partial charge in [0.25, 0.3) is 0 Å². The number of rotatable bonds is 5. The smallest absolute Gasteiger partial charge is 0.319 e. The molecule has 0 spiro atoms. The molecule has 0 atom stereocenters. The van der Waals surface area contributed by atoms with Crippen LogP contribution >= 0.6 is 0 Å². The van der Waals surface area contributed by atoms with Crippen LogP contribution in [0, 0.1) is 0 Å². The summed E-state index contributed by atoms with van der Waals surface area (Å²) in [5, 5.41) is 5.77. The first-order valence-electron chi connectivity index (χ1n) is 7.92. The second kappa shape index (κ2) is 7.47. The minimum absolute atomic E-state index is 0.152. The zero-order valence-corrected chi connectivity index (χ0v) is 12.8. The van der Waals surface area contributed by atoms with Gasteiger partial charge in [0.15, 0.2) is 0 Å². The summed E-state index contributed by atoms with van der Waals surface area (Å²) in [6, 6.07) is 5.62. The third-order valence-electron chi connectivity index (χ3n) is 3.99. The molecule has 0 aliphatic carbocycles. The summed E-state index contributed by atoms with van der Waals surface area (Å²) in [7, 11) is 0. The Hall–Kier alpha value is -1.79. The van der Waals surface area contributed by atoms with Crippen molar-refractivity contribution in [1.82, 2.24) is 10.2 Å². The molecule has 22 heavy (non-hydrogen) atoms. The molecule has 0 aromatic heterocycles. The Kier molecular flexibility index (Phi) is 5.13. The summed E-state index contributed by atoms with van der Waals surface area (Å²) < 4.78 is 10.8. The van der Waals surface area contributed by atoms with Gasteiger partial charge in [-0.2, -0.15) is 0 Å². The van der Waals surface area contributed by atoms with Gasteiger partial charge in [-0.3, -0.25) is 4.90 Å². The topological polar surface area (TPSA) is 62.8 Å². The van der Waals surface area contributed by atoms with Gasteiger partial charge in [0.05, 0.1) is 19.8 Å². The highest BCUT2D eigenvalue weighted by Crippen LogP contribution is 2.27. The zero-order valence-electron chi connectivity index (χ0n) is 12.8. The molecule has 6 nitrogen and oxygen atoms in total. The summed E-state index contributed by atoms with van der Waals surface area (Å²) in [5.74, 6) is 0.927. The van der Waals surface area contributed by atoms with E-state index in [2.05, 4.69) is 15.5 Å². The monoisotopic (exact) mass is 305 g/mol. The molecule has 0 radical (unpaired) electrons. The molecule has 0 unspecified atom stereocenters. The second-order valence-corrected chi connectivity index (χ2v) is 5.61. The molecular formula is C16H23N3O3. The molecule has 0 bridgehead atoms. The lowest BCUT2D eigenvalue weighted by Gasteiger charge is -2.26. The number of benzene rings is 1. The Balaban J connectivity index is 1.35. The summed E-state index contributed by atoms with van der Waals surface area (Å²) in [5.41, 5.74) is 1.97. The third kappa shape index (κ3) is 4.11. The molecule has 2 N–H and O–H groups in total. The average Bonchev–Trinajstić information content (AvgIpc) is 3.00. The van der Waals surface area contributed by atoms with Gasteiger partial charge in [0, 0.05) is 31.7 Å². The van der Waals surface area contributed by atoms with Gasteiger partial charge in [-0.15, -0.1) is 0 Å². The van der Waals surface area contributed by atoms with E-state index in [0.717, 1.165) is 69.3 Å². The van der Waals surface area contributed by atoms with E-state index in [0.29, 0.717) is 6.54 Å². The van der Waals surface area contributed by atoms with Crippen molar-refractivity contribution in [2.24, 2.45) is 0 Å². The predicted octanol–water partition coefficient (Wildman–Crippen LogP) is 1.47. The van der Waals surface area contributed by atoms with Crippen molar-refractivity contribution in [2.45, 2.75) is 12.8 Å². The predicted molar refractivity (Wildman–Crippen MR) is 84.5 cm³/mol. The highest BCUT2D eigenvalue weighted by atomic mass is 16.5. The molecule has 1 saturated heterocycles. The maximum Gasteiger partial charge on any atom is 0.319 e. The van der Waals surface area contributed by atoms with Crippen LogP contribution in [0.25, 0.3) is 0 Å². The number of nitrogens with one attached hydrogen (secondary N) is 2. The van der Waals surface area contributed by atoms with Gasteiger partial charge in [-0.05, 0) is 36.7 Å². The van der Waals surface area contributed by atoms with Gasteiger partial charge in [0.2, 0.25) is 0 Å². The van der Waals surface area contributed by atoms with E-state index in [1.807, 2.05) is 18.2 Å². The largest absolute Gasteiger partial charge is 0.493 e. The second-order valence-electron chi connectivity index (χ2n) is 5.61. The van der Waals surface area contributed by atoms with Crippen LogP contribution in [-0.4, -0.2) is 56.9 Å². The van der Waals surface area contributed by atoms with E-state index < -0.39 is 0 Å². The van der Waals surface area contributed by atoms with E-state index in [1.165, 1.54) is 0 Å². The van der Waals surface area contributed by atoms with Gasteiger partial charge < -0.3 is 20.1 Å². The number of fused-ring (bicyclic) bond motifs is 1. The highest BCUT2D eigenvalue weighted by Gasteiger charge is 2.13. The first kappa shape index (κ1) is 15.1. The van der Waals surface area contributed by atoms with E-state index in [-0.39, 0.29) is 6.03 Å². The van der Waals surface area contributed by atoms with Gasteiger partial charge >= 0.3 is 6.03 Å². The number of hydrogen-bond acceptors (Lipinski definition) is 4. The molecule has 1 aromatic rings. The van der Waals surface area contributed by atoms with Crippen molar-refractivity contribution >= 4 is 11.7 Å². The van der Waals surface area contributed by atoms with Crippen LogP contribution in [0.2, 0.25) is 0 Å². The Morgan fingerprint density at radius 3 is 2.95 bits per heavy atom. The molecule has 3 rings (SSSR count). The van der Waals surface area contributed by atoms with Crippen molar-refractivity contribution < 1.29 is 14.3 Å². The molecular weight excluding hydrogens is 282 g/mol. The molecule has 6 heteroatoms. The van der Waals surface area contributed by atoms with Crippen LogP contribution in [0.1, 0.15) is 12.0 Å². The number of carbonyl (C=O) groups excluding carboxylic acids is 1. The number of amides is 2. The average molecular weight is 305 g/mol. The Morgan fingerprint density at radius 1 is 1.23 bits per heavy atom. The number of carbonyl (C=O) groups is 1. The van der Waals surface area contributed by atoms with Gasteiger partial charge in [-0.25, -0.2) is 4.79 Å². The molecule has 2 aliphatic rings. The van der Waals surface area contributed by atoms with Crippen molar-refractivity contribution in [2.75, 3.05) is 51.3 Å². The van der Waals surface area contributed by atoms with E-state index in [1.54, 1.807) is 0 Å². The minimum atomic E-state index is -0.152. The van der Waals surface area contributed by atoms with E-state index in [9.17, 15) is 4.79 Å². The number of morpholine rings is 1. The maximum atomic E-state index is 11.9. The molecule has 2 aliphatic heterocycles. The fourth-order valence-electron chi connectivity index (χ4n) is 2.77. The van der Waals surface area contributed by atoms with Crippen molar-refractivity contribution in [3.05, 3.63) is 23.8 Å². The molecule has 2 heterocycles. The number of hydrogen-bond donors (Lipinski definition) is 2. The SMILES string of the molecule is O=C(NCCCN1CCOCC1)Nc1ccc2c(c1)CCO2. The molecule has 0 saturated carbocycles. The van der Waals surface area contributed by atoms with Crippen molar-refractivity contribution in [3.8, 4) is 5.75 Å². The standard InChI is InChI=1S/C16H23N3O3/c20-16(17-5-1-6-19-7-10-21-11-8-19)18-14-2-3-15-13(12-14)4-9-22-15/h2-3,12H,1,4-11H2,(H2,17,18,20). The quantitative estimate of drug-likeness (QED) is 0.809.